The van der Waals surface area contributed by atoms with Crippen molar-refractivity contribution >= 4 is 85.9 Å². The molecule has 0 amide bonds. The van der Waals surface area contributed by atoms with Crippen molar-refractivity contribution in [3.8, 4) is 33.8 Å². The van der Waals surface area contributed by atoms with Gasteiger partial charge in [0.15, 0.2) is 5.82 Å². The number of rotatable bonds is 3. The highest BCUT2D eigenvalue weighted by Gasteiger charge is 2.21. The molecule has 4 heteroatoms. The summed E-state index contributed by atoms with van der Waals surface area (Å²) < 4.78 is 9.03. The molecule has 11 rings (SSSR count). The minimum atomic E-state index is 0.712. The van der Waals surface area contributed by atoms with Crippen molar-refractivity contribution in [2.45, 2.75) is 0 Å². The first-order valence-electron chi connectivity index (χ1n) is 16.8. The van der Waals surface area contributed by atoms with Crippen LogP contribution in [0.2, 0.25) is 0 Å². The summed E-state index contributed by atoms with van der Waals surface area (Å²) in [4.78, 5) is 10.8. The van der Waals surface area contributed by atoms with Crippen molar-refractivity contribution in [1.82, 2.24) is 9.97 Å². The molecular formula is C46H26N2OS. The largest absolute Gasteiger partial charge is 0.455 e. The lowest BCUT2D eigenvalue weighted by Gasteiger charge is -2.11. The minimum absolute atomic E-state index is 0.712. The molecule has 0 saturated heterocycles. The van der Waals surface area contributed by atoms with Crippen LogP contribution in [0.1, 0.15) is 0 Å². The molecule has 0 atom stereocenters. The molecule has 3 aromatic heterocycles. The summed E-state index contributed by atoms with van der Waals surface area (Å²) >= 11 is 1.76. The fourth-order valence-corrected chi connectivity index (χ4v) is 8.73. The highest BCUT2D eigenvalue weighted by Crippen LogP contribution is 2.43. The van der Waals surface area contributed by atoms with Crippen molar-refractivity contribution in [1.29, 1.82) is 0 Å². The standard InChI is InChI=1S/C46H26N2OS/c1-3-11-29-23-31(19-17-27(29)9-1)32-21-22-35-38-26-39(34-13-5-6-14-36(34)44(38)49-40(35)25-32)46-47-42(33-20-18-28-10-2-4-12-30(28)24-33)45-43(48-46)37-15-7-8-16-41(37)50-45/h1-26H. The van der Waals surface area contributed by atoms with Crippen molar-refractivity contribution in [2.24, 2.45) is 0 Å². The van der Waals surface area contributed by atoms with Crippen molar-refractivity contribution < 1.29 is 4.42 Å². The summed E-state index contributed by atoms with van der Waals surface area (Å²) in [7, 11) is 0. The van der Waals surface area contributed by atoms with Gasteiger partial charge in [0.25, 0.3) is 0 Å². The number of aromatic nitrogens is 2. The van der Waals surface area contributed by atoms with Crippen LogP contribution in [0.4, 0.5) is 0 Å². The minimum Gasteiger partial charge on any atom is -0.455 e. The second-order valence-electron chi connectivity index (χ2n) is 13.0. The lowest BCUT2D eigenvalue weighted by Crippen LogP contribution is -1.95. The third-order valence-electron chi connectivity index (χ3n) is 10.0. The topological polar surface area (TPSA) is 38.9 Å². The van der Waals surface area contributed by atoms with Gasteiger partial charge < -0.3 is 4.42 Å². The van der Waals surface area contributed by atoms with E-state index in [4.69, 9.17) is 14.4 Å². The molecule has 0 spiro atoms. The average molecular weight is 655 g/mol. The summed E-state index contributed by atoms with van der Waals surface area (Å²) in [6.07, 6.45) is 0. The zero-order chi connectivity index (χ0) is 32.8. The first-order valence-corrected chi connectivity index (χ1v) is 17.6. The summed E-state index contributed by atoms with van der Waals surface area (Å²) in [6, 6.07) is 56.1. The Kier molecular flexibility index (Phi) is 5.83. The van der Waals surface area contributed by atoms with E-state index in [-0.39, 0.29) is 0 Å². The van der Waals surface area contributed by atoms with Crippen LogP contribution in [0.3, 0.4) is 0 Å². The Labute approximate surface area is 290 Å². The van der Waals surface area contributed by atoms with Gasteiger partial charge in [0.1, 0.15) is 11.2 Å². The fraction of sp³-hybridized carbons (Fsp3) is 0. The zero-order valence-corrected chi connectivity index (χ0v) is 27.5. The van der Waals surface area contributed by atoms with Gasteiger partial charge in [0.2, 0.25) is 0 Å². The molecule has 0 aliphatic carbocycles. The van der Waals surface area contributed by atoms with E-state index in [0.29, 0.717) is 5.82 Å². The van der Waals surface area contributed by atoms with Gasteiger partial charge in [-0.05, 0) is 74.5 Å². The first-order chi connectivity index (χ1) is 24.7. The van der Waals surface area contributed by atoms with E-state index in [9.17, 15) is 0 Å². The summed E-state index contributed by atoms with van der Waals surface area (Å²) in [5, 5.41) is 10.3. The molecule has 0 unspecified atom stereocenters. The van der Waals surface area contributed by atoms with Gasteiger partial charge in [-0.25, -0.2) is 9.97 Å². The smallest absolute Gasteiger partial charge is 0.161 e. The van der Waals surface area contributed by atoms with Gasteiger partial charge >= 0.3 is 0 Å². The number of fused-ring (bicyclic) bond motifs is 10. The normalized spacial score (nSPS) is 12.0. The average Bonchev–Trinajstić information content (AvgIpc) is 3.75. The van der Waals surface area contributed by atoms with E-state index in [0.717, 1.165) is 70.7 Å². The van der Waals surface area contributed by atoms with Crippen LogP contribution in [0.25, 0.3) is 108 Å². The van der Waals surface area contributed by atoms with Crippen LogP contribution >= 0.6 is 11.3 Å². The highest BCUT2D eigenvalue weighted by atomic mass is 32.1. The van der Waals surface area contributed by atoms with Gasteiger partial charge in [-0.1, -0.05) is 121 Å². The van der Waals surface area contributed by atoms with Crippen LogP contribution in [0, 0.1) is 0 Å². The molecule has 232 valence electrons. The molecule has 11 aromatic rings. The number of hydrogen-bond acceptors (Lipinski definition) is 4. The second-order valence-corrected chi connectivity index (χ2v) is 14.0. The van der Waals surface area contributed by atoms with Gasteiger partial charge in [-0.15, -0.1) is 11.3 Å². The number of thiophene rings is 1. The van der Waals surface area contributed by atoms with E-state index >= 15 is 0 Å². The van der Waals surface area contributed by atoms with Crippen molar-refractivity contribution in [2.75, 3.05) is 0 Å². The number of nitrogens with zero attached hydrogens (tertiary/aromatic N) is 2. The lowest BCUT2D eigenvalue weighted by molar-refractivity contribution is 0.673. The number of furan rings is 1. The van der Waals surface area contributed by atoms with Crippen molar-refractivity contribution in [3.05, 3.63) is 158 Å². The summed E-state index contributed by atoms with van der Waals surface area (Å²) in [6.45, 7) is 0. The Balaban J connectivity index is 1.16. The van der Waals surface area contributed by atoms with Gasteiger partial charge in [-0.3, -0.25) is 0 Å². The Morgan fingerprint density at radius 3 is 1.86 bits per heavy atom. The molecule has 3 nitrogen and oxygen atoms in total. The zero-order valence-electron chi connectivity index (χ0n) is 26.7. The predicted molar refractivity (Wildman–Crippen MR) is 211 cm³/mol. The Bertz CT molecular complexity index is 3170. The SMILES string of the molecule is c1ccc2cc(-c3ccc4c(c3)oc3c5ccccc5c(-c5nc(-c6ccc7ccccc7c6)c6sc7ccccc7c6n5)cc43)ccc2c1. The van der Waals surface area contributed by atoms with Crippen LogP contribution < -0.4 is 0 Å². The van der Waals surface area contributed by atoms with Crippen molar-refractivity contribution in [3.63, 3.8) is 0 Å². The van der Waals surface area contributed by atoms with Gasteiger partial charge in [0, 0.05) is 37.4 Å². The van der Waals surface area contributed by atoms with E-state index < -0.39 is 0 Å². The first kappa shape index (κ1) is 27.6. The molecule has 50 heavy (non-hydrogen) atoms. The molecule has 0 saturated carbocycles. The van der Waals surface area contributed by atoms with Gasteiger partial charge in [-0.2, -0.15) is 0 Å². The maximum absolute atomic E-state index is 6.72. The molecule has 0 bridgehead atoms. The maximum atomic E-state index is 6.72. The van der Waals surface area contributed by atoms with E-state index in [2.05, 4.69) is 158 Å². The Hall–Kier alpha value is -6.36. The Morgan fingerprint density at radius 2 is 1.06 bits per heavy atom. The molecule has 0 aliphatic rings. The summed E-state index contributed by atoms with van der Waals surface area (Å²) in [5.41, 5.74) is 8.07. The molecule has 8 aromatic carbocycles. The van der Waals surface area contributed by atoms with Crippen LogP contribution in [0.15, 0.2) is 162 Å². The number of benzene rings is 8. The third kappa shape index (κ3) is 4.16. The van der Waals surface area contributed by atoms with Crippen LogP contribution in [-0.4, -0.2) is 9.97 Å². The van der Waals surface area contributed by atoms with E-state index in [1.807, 2.05) is 0 Å². The molecule has 0 N–H and O–H groups in total. The third-order valence-corrected chi connectivity index (χ3v) is 11.2. The van der Waals surface area contributed by atoms with Crippen LogP contribution in [0.5, 0.6) is 0 Å². The predicted octanol–water partition coefficient (Wildman–Crippen LogP) is 13.2. The lowest BCUT2D eigenvalue weighted by atomic mass is 9.97. The molecular weight excluding hydrogens is 629 g/mol. The number of hydrogen-bond donors (Lipinski definition) is 0. The fourth-order valence-electron chi connectivity index (χ4n) is 7.58. The van der Waals surface area contributed by atoms with E-state index in [1.165, 1.54) is 31.8 Å². The summed E-state index contributed by atoms with van der Waals surface area (Å²) in [5.74, 6) is 0.712. The highest BCUT2D eigenvalue weighted by molar-refractivity contribution is 7.26. The second kappa shape index (κ2) is 10.6. The molecule has 3 heterocycles. The van der Waals surface area contributed by atoms with Crippen LogP contribution in [-0.2, 0) is 0 Å². The monoisotopic (exact) mass is 654 g/mol. The molecule has 0 radical (unpaired) electrons. The molecule has 0 fully saturated rings. The van der Waals surface area contributed by atoms with Gasteiger partial charge in [0.05, 0.1) is 15.9 Å². The molecule has 0 aliphatic heterocycles. The quantitative estimate of drug-likeness (QED) is 0.190. The van der Waals surface area contributed by atoms with E-state index in [1.54, 1.807) is 11.3 Å². The maximum Gasteiger partial charge on any atom is 0.161 e. The Morgan fingerprint density at radius 1 is 0.440 bits per heavy atom.